The van der Waals surface area contributed by atoms with Crippen molar-refractivity contribution in [2.24, 2.45) is 0 Å². The largest absolute Gasteiger partial charge is 0.463 e. The van der Waals surface area contributed by atoms with Crippen LogP contribution >= 0.6 is 0 Å². The lowest BCUT2D eigenvalue weighted by Crippen LogP contribution is -3.10. The number of anilines is 1. The van der Waals surface area contributed by atoms with Gasteiger partial charge in [0.15, 0.2) is 18.1 Å². The highest BCUT2D eigenvalue weighted by Gasteiger charge is 2.18. The summed E-state index contributed by atoms with van der Waals surface area (Å²) >= 11 is 0. The zero-order valence-corrected chi connectivity index (χ0v) is 12.7. The summed E-state index contributed by atoms with van der Waals surface area (Å²) in [6, 6.07) is 17.0. The Hall–Kier alpha value is -2.79. The summed E-state index contributed by atoms with van der Waals surface area (Å²) in [5, 5.41) is 2.91. The summed E-state index contributed by atoms with van der Waals surface area (Å²) in [6.07, 6.45) is 3.29. The second kappa shape index (κ2) is 7.47. The number of quaternary nitrogens is 1. The molecule has 1 aromatic carbocycles. The Morgan fingerprint density at radius 1 is 0.870 bits per heavy atom. The summed E-state index contributed by atoms with van der Waals surface area (Å²) in [7, 11) is 0. The van der Waals surface area contributed by atoms with Crippen LogP contribution in [-0.2, 0) is 17.9 Å². The first-order valence-electron chi connectivity index (χ1n) is 7.53. The Labute approximate surface area is 134 Å². The van der Waals surface area contributed by atoms with E-state index in [-0.39, 0.29) is 5.91 Å². The third-order valence-electron chi connectivity index (χ3n) is 3.48. The molecule has 0 saturated carbocycles. The second-order valence-electron chi connectivity index (χ2n) is 5.35. The smallest absolute Gasteiger partial charge is 0.279 e. The lowest BCUT2D eigenvalue weighted by molar-refractivity contribution is -0.921. The van der Waals surface area contributed by atoms with E-state index >= 15 is 0 Å². The van der Waals surface area contributed by atoms with Crippen LogP contribution in [0.2, 0.25) is 0 Å². The van der Waals surface area contributed by atoms with Gasteiger partial charge < -0.3 is 19.1 Å². The Kier molecular flexibility index (Phi) is 4.91. The van der Waals surface area contributed by atoms with Crippen molar-refractivity contribution >= 4 is 11.6 Å². The lowest BCUT2D eigenvalue weighted by Gasteiger charge is -2.17. The van der Waals surface area contributed by atoms with E-state index in [2.05, 4.69) is 5.32 Å². The highest BCUT2D eigenvalue weighted by atomic mass is 16.3. The molecule has 0 bridgehead atoms. The lowest BCUT2D eigenvalue weighted by atomic mass is 10.3. The van der Waals surface area contributed by atoms with E-state index in [1.165, 1.54) is 0 Å². The van der Waals surface area contributed by atoms with Crippen LogP contribution in [0.1, 0.15) is 11.5 Å². The minimum atomic E-state index is -0.0377. The first-order valence-corrected chi connectivity index (χ1v) is 7.53. The minimum Gasteiger partial charge on any atom is -0.463 e. The number of furan rings is 2. The molecule has 23 heavy (non-hydrogen) atoms. The number of nitrogens with one attached hydrogen (secondary N) is 2. The van der Waals surface area contributed by atoms with Crippen molar-refractivity contribution < 1.29 is 18.5 Å². The zero-order chi connectivity index (χ0) is 15.9. The maximum atomic E-state index is 12.3. The first-order chi connectivity index (χ1) is 11.3. The number of amides is 1. The third-order valence-corrected chi connectivity index (χ3v) is 3.48. The summed E-state index contributed by atoms with van der Waals surface area (Å²) in [5.41, 5.74) is 0.799. The number of hydrogen-bond acceptors (Lipinski definition) is 3. The second-order valence-corrected chi connectivity index (χ2v) is 5.35. The van der Waals surface area contributed by atoms with Gasteiger partial charge in [-0.3, -0.25) is 4.79 Å². The molecule has 3 aromatic rings. The highest BCUT2D eigenvalue weighted by Crippen LogP contribution is 2.04. The first kappa shape index (κ1) is 15.1. The van der Waals surface area contributed by atoms with E-state index in [1.807, 2.05) is 54.6 Å². The van der Waals surface area contributed by atoms with Crippen LogP contribution in [0.25, 0.3) is 0 Å². The molecule has 2 aromatic heterocycles. The van der Waals surface area contributed by atoms with Crippen molar-refractivity contribution in [3.8, 4) is 0 Å². The molecular weight excluding hydrogens is 292 g/mol. The van der Waals surface area contributed by atoms with Crippen molar-refractivity contribution in [3.05, 3.63) is 78.6 Å². The molecule has 0 aliphatic heterocycles. The average Bonchev–Trinajstić information content (AvgIpc) is 3.22. The van der Waals surface area contributed by atoms with Crippen molar-refractivity contribution in [3.63, 3.8) is 0 Å². The maximum Gasteiger partial charge on any atom is 0.279 e. The summed E-state index contributed by atoms with van der Waals surface area (Å²) < 4.78 is 10.8. The molecule has 0 fully saturated rings. The van der Waals surface area contributed by atoms with Gasteiger partial charge >= 0.3 is 0 Å². The molecule has 0 unspecified atom stereocenters. The molecule has 118 valence electrons. The van der Waals surface area contributed by atoms with Crippen LogP contribution < -0.4 is 10.2 Å². The number of rotatable bonds is 7. The van der Waals surface area contributed by atoms with Gasteiger partial charge in [0, 0.05) is 5.69 Å². The molecule has 5 heteroatoms. The van der Waals surface area contributed by atoms with Gasteiger partial charge in [-0.2, -0.15) is 0 Å². The Morgan fingerprint density at radius 2 is 1.48 bits per heavy atom. The molecule has 2 N–H and O–H groups in total. The van der Waals surface area contributed by atoms with Crippen LogP contribution in [0.4, 0.5) is 5.69 Å². The van der Waals surface area contributed by atoms with E-state index in [9.17, 15) is 4.79 Å². The monoisotopic (exact) mass is 311 g/mol. The van der Waals surface area contributed by atoms with E-state index in [4.69, 9.17) is 8.83 Å². The minimum absolute atomic E-state index is 0.0377. The fourth-order valence-corrected chi connectivity index (χ4v) is 2.46. The normalized spacial score (nSPS) is 10.8. The molecule has 0 spiro atoms. The molecule has 0 radical (unpaired) electrons. The number of carbonyl (C=O) groups is 1. The topological polar surface area (TPSA) is 59.8 Å². The van der Waals surface area contributed by atoms with Gasteiger partial charge in [0.1, 0.15) is 13.1 Å². The van der Waals surface area contributed by atoms with Gasteiger partial charge in [-0.1, -0.05) is 18.2 Å². The van der Waals surface area contributed by atoms with Gasteiger partial charge in [0.05, 0.1) is 12.5 Å². The van der Waals surface area contributed by atoms with Crippen LogP contribution in [0.3, 0.4) is 0 Å². The van der Waals surface area contributed by atoms with E-state index in [1.54, 1.807) is 12.5 Å². The van der Waals surface area contributed by atoms with Gasteiger partial charge in [0.2, 0.25) is 0 Å². The van der Waals surface area contributed by atoms with Crippen LogP contribution in [-0.4, -0.2) is 12.5 Å². The summed E-state index contributed by atoms with van der Waals surface area (Å²) in [5.74, 6) is 1.66. The van der Waals surface area contributed by atoms with Crippen LogP contribution in [0, 0.1) is 0 Å². The van der Waals surface area contributed by atoms with Crippen LogP contribution in [0.15, 0.2) is 76.0 Å². The van der Waals surface area contributed by atoms with Crippen molar-refractivity contribution in [2.45, 2.75) is 13.1 Å². The summed E-state index contributed by atoms with van der Waals surface area (Å²) in [6.45, 7) is 1.57. The summed E-state index contributed by atoms with van der Waals surface area (Å²) in [4.78, 5) is 13.3. The van der Waals surface area contributed by atoms with Crippen molar-refractivity contribution in [1.82, 2.24) is 0 Å². The van der Waals surface area contributed by atoms with Gasteiger partial charge in [-0.15, -0.1) is 0 Å². The van der Waals surface area contributed by atoms with Gasteiger partial charge in [-0.25, -0.2) is 0 Å². The van der Waals surface area contributed by atoms with E-state index in [0.717, 1.165) is 22.1 Å². The van der Waals surface area contributed by atoms with E-state index in [0.29, 0.717) is 19.6 Å². The van der Waals surface area contributed by atoms with Gasteiger partial charge in [0.25, 0.3) is 5.91 Å². The average molecular weight is 311 g/mol. The predicted octanol–water partition coefficient (Wildman–Crippen LogP) is 2.10. The number of hydrogen-bond donors (Lipinski definition) is 2. The van der Waals surface area contributed by atoms with Crippen molar-refractivity contribution in [1.29, 1.82) is 0 Å². The van der Waals surface area contributed by atoms with Gasteiger partial charge in [-0.05, 0) is 36.4 Å². The van der Waals surface area contributed by atoms with Crippen molar-refractivity contribution in [2.75, 3.05) is 11.9 Å². The SMILES string of the molecule is O=C(C[NH+](Cc1ccco1)Cc1ccco1)Nc1ccccc1. The molecule has 0 aliphatic rings. The molecule has 5 nitrogen and oxygen atoms in total. The molecule has 3 rings (SSSR count). The fourth-order valence-electron chi connectivity index (χ4n) is 2.46. The predicted molar refractivity (Wildman–Crippen MR) is 85.7 cm³/mol. The Balaban J connectivity index is 1.63. The Morgan fingerprint density at radius 3 is 2.00 bits per heavy atom. The number of benzene rings is 1. The molecule has 2 heterocycles. The Bertz CT molecular complexity index is 670. The van der Waals surface area contributed by atoms with Crippen LogP contribution in [0.5, 0.6) is 0 Å². The molecule has 0 saturated heterocycles. The molecule has 0 atom stereocenters. The molecular formula is C18H19N2O3+. The fraction of sp³-hybridized carbons (Fsp3) is 0.167. The van der Waals surface area contributed by atoms with E-state index < -0.39 is 0 Å². The standard InChI is InChI=1S/C18H18N2O3/c21-18(19-15-6-2-1-3-7-15)14-20(12-16-8-4-10-22-16)13-17-9-5-11-23-17/h1-11H,12-14H2,(H,19,21)/p+1. The maximum absolute atomic E-state index is 12.3. The highest BCUT2D eigenvalue weighted by molar-refractivity contribution is 5.91. The third kappa shape index (κ3) is 4.59. The number of para-hydroxylation sites is 1. The zero-order valence-electron chi connectivity index (χ0n) is 12.7. The molecule has 0 aliphatic carbocycles. The molecule has 1 amide bonds. The quantitative estimate of drug-likeness (QED) is 0.702. The number of carbonyl (C=O) groups excluding carboxylic acids is 1.